The summed E-state index contributed by atoms with van der Waals surface area (Å²) < 4.78 is 2.73. The molecule has 0 spiro atoms. The normalized spacial score (nSPS) is 8.38. The van der Waals surface area contributed by atoms with Crippen LogP contribution >= 0.6 is 22.6 Å². The maximum absolute atomic E-state index is 8.43. The summed E-state index contributed by atoms with van der Waals surface area (Å²) in [6.45, 7) is 3.73. The Labute approximate surface area is 91.6 Å². The zero-order chi connectivity index (χ0) is 10.3. The molecule has 0 aliphatic rings. The van der Waals surface area contributed by atoms with Crippen LogP contribution in [0.4, 0.5) is 0 Å². The van der Waals surface area contributed by atoms with Gasteiger partial charge in [0.2, 0.25) is 0 Å². The first-order chi connectivity index (χ1) is 6.05. The third-order valence-corrected chi connectivity index (χ3v) is 1.45. The van der Waals surface area contributed by atoms with Crippen molar-refractivity contribution in [3.05, 3.63) is 11.8 Å². The molecule has 0 fully saturated rings. The molecule has 3 nitrogen and oxygen atoms in total. The van der Waals surface area contributed by atoms with Gasteiger partial charge in [-0.3, -0.25) is 0 Å². The van der Waals surface area contributed by atoms with Gasteiger partial charge in [-0.2, -0.15) is 10.5 Å². The van der Waals surface area contributed by atoms with Crippen LogP contribution in [0.1, 0.15) is 13.8 Å². The Morgan fingerprint density at radius 3 is 2.31 bits per heavy atom. The van der Waals surface area contributed by atoms with E-state index in [1.54, 1.807) is 12.1 Å². The molecule has 0 saturated carbocycles. The van der Waals surface area contributed by atoms with Crippen LogP contribution in [0, 0.1) is 32.5 Å². The van der Waals surface area contributed by atoms with Crippen molar-refractivity contribution in [2.45, 2.75) is 19.4 Å². The Bertz CT molecular complexity index is 328. The zero-order valence-corrected chi connectivity index (χ0v) is 9.51. The van der Waals surface area contributed by atoms with E-state index >= 15 is 0 Å². The Balaban J connectivity index is 4.48. The number of allylic oxidation sites excluding steroid dienone is 1. The lowest BCUT2D eigenvalue weighted by atomic mass is 10.1. The molecule has 0 rings (SSSR count). The molecule has 0 unspecified atom stereocenters. The average Bonchev–Trinajstić information content (AvgIpc) is 2.06. The van der Waals surface area contributed by atoms with E-state index in [0.717, 1.165) is 0 Å². The maximum atomic E-state index is 8.43. The van der Waals surface area contributed by atoms with Crippen LogP contribution in [-0.4, -0.2) is 5.54 Å². The smallest absolute Gasteiger partial charge is 0.145 e. The standard InChI is InChI=1S/C9H8IN3/c1-9(2,3-4-10)13-7-8(5-11)6-12/h7,13H,1-2H3. The van der Waals surface area contributed by atoms with Gasteiger partial charge in [0.25, 0.3) is 0 Å². The van der Waals surface area contributed by atoms with E-state index < -0.39 is 5.54 Å². The summed E-state index contributed by atoms with van der Waals surface area (Å²) >= 11 is 1.94. The van der Waals surface area contributed by atoms with Crippen LogP contribution in [0.5, 0.6) is 0 Å². The van der Waals surface area contributed by atoms with Crippen molar-refractivity contribution in [1.82, 2.24) is 5.32 Å². The maximum Gasteiger partial charge on any atom is 0.145 e. The number of nitriles is 2. The van der Waals surface area contributed by atoms with E-state index in [2.05, 4.69) is 15.2 Å². The number of hydrogen-bond acceptors (Lipinski definition) is 3. The van der Waals surface area contributed by atoms with E-state index in [-0.39, 0.29) is 5.57 Å². The molecule has 13 heavy (non-hydrogen) atoms. The van der Waals surface area contributed by atoms with Crippen molar-refractivity contribution in [2.24, 2.45) is 0 Å². The molecule has 0 aromatic rings. The third-order valence-electron chi connectivity index (χ3n) is 1.18. The molecule has 0 bridgehead atoms. The molecule has 0 radical (unpaired) electrons. The summed E-state index contributed by atoms with van der Waals surface area (Å²) in [7, 11) is 0. The number of hydrogen-bond donors (Lipinski definition) is 1. The van der Waals surface area contributed by atoms with Gasteiger partial charge in [0, 0.05) is 28.8 Å². The molecule has 1 N–H and O–H groups in total. The first kappa shape index (κ1) is 11.8. The minimum absolute atomic E-state index is 0.0448. The number of rotatable bonds is 2. The molecule has 0 heterocycles. The molecular weight excluding hydrogens is 277 g/mol. The number of nitrogens with zero attached hydrogens (tertiary/aromatic N) is 2. The van der Waals surface area contributed by atoms with Gasteiger partial charge in [0.05, 0.1) is 5.54 Å². The van der Waals surface area contributed by atoms with Gasteiger partial charge < -0.3 is 5.32 Å². The molecule has 0 aromatic heterocycles. The van der Waals surface area contributed by atoms with Gasteiger partial charge in [-0.15, -0.1) is 0 Å². The molecule has 0 saturated heterocycles. The second-order valence-electron chi connectivity index (χ2n) is 2.77. The predicted molar refractivity (Wildman–Crippen MR) is 58.3 cm³/mol. The van der Waals surface area contributed by atoms with Crippen LogP contribution < -0.4 is 5.32 Å². The highest BCUT2D eigenvalue weighted by Crippen LogP contribution is 2.01. The van der Waals surface area contributed by atoms with Gasteiger partial charge in [-0.1, -0.05) is 5.92 Å². The monoisotopic (exact) mass is 285 g/mol. The average molecular weight is 285 g/mol. The SMILES string of the molecule is CC(C)(C#CI)NC=C(C#N)C#N. The Morgan fingerprint density at radius 1 is 1.38 bits per heavy atom. The van der Waals surface area contributed by atoms with Crippen molar-refractivity contribution >= 4 is 22.6 Å². The summed E-state index contributed by atoms with van der Waals surface area (Å²) in [6, 6.07) is 3.51. The molecular formula is C9H8IN3. The predicted octanol–water partition coefficient (Wildman–Crippen LogP) is 1.68. The van der Waals surface area contributed by atoms with E-state index in [1.807, 2.05) is 36.4 Å². The van der Waals surface area contributed by atoms with E-state index in [4.69, 9.17) is 10.5 Å². The highest BCUT2D eigenvalue weighted by atomic mass is 127. The summed E-state index contributed by atoms with van der Waals surface area (Å²) in [5, 5.41) is 19.7. The fourth-order valence-corrected chi connectivity index (χ4v) is 1.17. The number of halogens is 1. The van der Waals surface area contributed by atoms with Crippen molar-refractivity contribution in [3.8, 4) is 22.0 Å². The molecule has 4 heteroatoms. The Kier molecular flexibility index (Phi) is 4.96. The van der Waals surface area contributed by atoms with Gasteiger partial charge in [-0.05, 0) is 17.8 Å². The van der Waals surface area contributed by atoms with E-state index in [9.17, 15) is 0 Å². The van der Waals surface area contributed by atoms with Crippen LogP contribution in [0.3, 0.4) is 0 Å². The highest BCUT2D eigenvalue weighted by molar-refractivity contribution is 14.1. The quantitative estimate of drug-likeness (QED) is 0.477. The summed E-state index contributed by atoms with van der Waals surface area (Å²) in [5.41, 5.74) is -0.372. The molecule has 0 aliphatic heterocycles. The summed E-state index contributed by atoms with van der Waals surface area (Å²) in [5.74, 6) is 2.89. The minimum Gasteiger partial charge on any atom is -0.374 e. The van der Waals surface area contributed by atoms with Gasteiger partial charge in [0.1, 0.15) is 17.7 Å². The van der Waals surface area contributed by atoms with E-state index in [1.165, 1.54) is 6.20 Å². The minimum atomic E-state index is -0.417. The fourth-order valence-electron chi connectivity index (χ4n) is 0.496. The molecule has 0 atom stereocenters. The fraction of sp³-hybridized carbons (Fsp3) is 0.333. The molecule has 0 aromatic carbocycles. The summed E-state index contributed by atoms with van der Waals surface area (Å²) in [4.78, 5) is 0. The van der Waals surface area contributed by atoms with Crippen molar-refractivity contribution < 1.29 is 0 Å². The Morgan fingerprint density at radius 2 is 1.92 bits per heavy atom. The highest BCUT2D eigenvalue weighted by Gasteiger charge is 2.10. The lowest BCUT2D eigenvalue weighted by Crippen LogP contribution is -2.33. The van der Waals surface area contributed by atoms with Crippen molar-refractivity contribution in [1.29, 1.82) is 10.5 Å². The lowest BCUT2D eigenvalue weighted by molar-refractivity contribution is 0.574. The zero-order valence-electron chi connectivity index (χ0n) is 7.35. The number of nitrogens with one attached hydrogen (secondary N) is 1. The van der Waals surface area contributed by atoms with Crippen LogP contribution in [0.25, 0.3) is 0 Å². The van der Waals surface area contributed by atoms with Gasteiger partial charge in [0.15, 0.2) is 0 Å². The second-order valence-corrected chi connectivity index (χ2v) is 3.31. The first-order valence-corrected chi connectivity index (χ1v) is 4.54. The van der Waals surface area contributed by atoms with Gasteiger partial charge >= 0.3 is 0 Å². The molecule has 0 aliphatic carbocycles. The molecule has 0 amide bonds. The third kappa shape index (κ3) is 5.11. The molecule has 66 valence electrons. The topological polar surface area (TPSA) is 59.6 Å². The second kappa shape index (κ2) is 5.45. The van der Waals surface area contributed by atoms with Crippen LogP contribution in [0.15, 0.2) is 11.8 Å². The van der Waals surface area contributed by atoms with Crippen molar-refractivity contribution in [2.75, 3.05) is 0 Å². The Hall–Kier alpha value is -1.19. The van der Waals surface area contributed by atoms with Crippen molar-refractivity contribution in [3.63, 3.8) is 0 Å². The van der Waals surface area contributed by atoms with Gasteiger partial charge in [-0.25, -0.2) is 0 Å². The first-order valence-electron chi connectivity index (χ1n) is 3.46. The summed E-state index contributed by atoms with van der Waals surface area (Å²) in [6.07, 6.45) is 1.38. The van der Waals surface area contributed by atoms with E-state index in [0.29, 0.717) is 0 Å². The van der Waals surface area contributed by atoms with Crippen LogP contribution in [-0.2, 0) is 0 Å². The largest absolute Gasteiger partial charge is 0.374 e. The van der Waals surface area contributed by atoms with Crippen LogP contribution in [0.2, 0.25) is 0 Å². The lowest BCUT2D eigenvalue weighted by Gasteiger charge is -2.17.